The Balaban J connectivity index is 1.83. The molecule has 1 unspecified atom stereocenters. The lowest BCUT2D eigenvalue weighted by atomic mass is 10.3. The highest BCUT2D eigenvalue weighted by molar-refractivity contribution is 6.28. The van der Waals surface area contributed by atoms with Crippen LogP contribution in [0.15, 0.2) is 0 Å². The van der Waals surface area contributed by atoms with Crippen molar-refractivity contribution >= 4 is 23.5 Å². The fourth-order valence-corrected chi connectivity index (χ4v) is 2.45. The summed E-state index contributed by atoms with van der Waals surface area (Å²) in [6.45, 7) is 4.12. The van der Waals surface area contributed by atoms with Crippen LogP contribution in [0.1, 0.15) is 6.42 Å². The summed E-state index contributed by atoms with van der Waals surface area (Å²) in [6.07, 6.45) is 0.415. The van der Waals surface area contributed by atoms with Crippen LogP contribution >= 0.6 is 11.6 Å². The van der Waals surface area contributed by atoms with E-state index in [1.54, 1.807) is 0 Å². The summed E-state index contributed by atoms with van der Waals surface area (Å²) in [5.74, 6) is 1.12. The van der Waals surface area contributed by atoms with Gasteiger partial charge in [-0.3, -0.25) is 0 Å². The number of rotatable bonds is 2. The summed E-state index contributed by atoms with van der Waals surface area (Å²) >= 11 is 5.97. The van der Waals surface area contributed by atoms with E-state index >= 15 is 0 Å². The van der Waals surface area contributed by atoms with Crippen molar-refractivity contribution in [1.82, 2.24) is 15.0 Å². The average Bonchev–Trinajstić information content (AvgIpc) is 2.86. The van der Waals surface area contributed by atoms with Crippen molar-refractivity contribution in [2.45, 2.75) is 12.5 Å². The van der Waals surface area contributed by atoms with Crippen molar-refractivity contribution in [3.05, 3.63) is 5.28 Å². The fraction of sp³-hybridized carbons (Fsp3) is 0.727. The highest BCUT2D eigenvalue weighted by atomic mass is 35.5. The third kappa shape index (κ3) is 2.88. The number of aliphatic hydroxyl groups is 1. The number of nitrogens with zero attached hydrogens (tertiary/aromatic N) is 5. The monoisotopic (exact) mass is 285 g/mol. The minimum absolute atomic E-state index is 0.188. The van der Waals surface area contributed by atoms with E-state index in [4.69, 9.17) is 16.3 Å². The second kappa shape index (κ2) is 5.44. The first kappa shape index (κ1) is 12.8. The SMILES string of the molecule is OC1CCN(c2nc(Cl)nc(N3CCOCC3)n2)C1. The largest absolute Gasteiger partial charge is 0.391 e. The van der Waals surface area contributed by atoms with Gasteiger partial charge in [-0.25, -0.2) is 0 Å². The van der Waals surface area contributed by atoms with Gasteiger partial charge in [-0.15, -0.1) is 0 Å². The van der Waals surface area contributed by atoms with Crippen LogP contribution in [-0.4, -0.2) is 65.6 Å². The first-order valence-corrected chi connectivity index (χ1v) is 6.77. The molecule has 0 spiro atoms. The van der Waals surface area contributed by atoms with Crippen LogP contribution in [0.2, 0.25) is 5.28 Å². The normalized spacial score (nSPS) is 24.0. The predicted octanol–water partition coefficient (Wildman–Crippen LogP) is -0.0674. The number of aliphatic hydroxyl groups excluding tert-OH is 1. The summed E-state index contributed by atoms with van der Waals surface area (Å²) in [4.78, 5) is 16.7. The van der Waals surface area contributed by atoms with E-state index in [2.05, 4.69) is 15.0 Å². The zero-order chi connectivity index (χ0) is 13.2. The maximum Gasteiger partial charge on any atom is 0.231 e. The second-order valence-corrected chi connectivity index (χ2v) is 5.03. The van der Waals surface area contributed by atoms with Crippen molar-refractivity contribution in [3.63, 3.8) is 0 Å². The lowest BCUT2D eigenvalue weighted by Crippen LogP contribution is -2.38. The van der Waals surface area contributed by atoms with E-state index in [1.165, 1.54) is 0 Å². The number of β-amino-alcohol motifs (C(OH)–C–C–N with tert-alkyl or cyclic N) is 1. The Morgan fingerprint density at radius 2 is 1.74 bits per heavy atom. The quantitative estimate of drug-likeness (QED) is 0.815. The number of hydrogen-bond acceptors (Lipinski definition) is 7. The van der Waals surface area contributed by atoms with Gasteiger partial charge in [0.15, 0.2) is 0 Å². The van der Waals surface area contributed by atoms with Gasteiger partial charge in [0.05, 0.1) is 19.3 Å². The third-order valence-electron chi connectivity index (χ3n) is 3.32. The molecule has 1 aromatic rings. The minimum atomic E-state index is -0.317. The Kier molecular flexibility index (Phi) is 3.67. The number of hydrogen-bond donors (Lipinski definition) is 1. The van der Waals surface area contributed by atoms with Gasteiger partial charge < -0.3 is 19.6 Å². The van der Waals surface area contributed by atoms with E-state index in [9.17, 15) is 5.11 Å². The second-order valence-electron chi connectivity index (χ2n) is 4.69. The Morgan fingerprint density at radius 3 is 2.37 bits per heavy atom. The van der Waals surface area contributed by atoms with Crippen LogP contribution in [-0.2, 0) is 4.74 Å². The number of ether oxygens (including phenoxy) is 1. The Hall–Kier alpha value is -1.18. The molecule has 1 N–H and O–H groups in total. The van der Waals surface area contributed by atoms with Crippen molar-refractivity contribution in [1.29, 1.82) is 0 Å². The van der Waals surface area contributed by atoms with Crippen molar-refractivity contribution < 1.29 is 9.84 Å². The molecule has 1 aromatic heterocycles. The summed E-state index contributed by atoms with van der Waals surface area (Å²) < 4.78 is 5.31. The standard InChI is InChI=1S/C11H16ClN5O2/c12-9-13-10(16-3-5-19-6-4-16)15-11(14-9)17-2-1-8(18)7-17/h8,18H,1-7H2. The van der Waals surface area contributed by atoms with Gasteiger partial charge >= 0.3 is 0 Å². The van der Waals surface area contributed by atoms with Crippen LogP contribution in [0.5, 0.6) is 0 Å². The molecule has 7 nitrogen and oxygen atoms in total. The van der Waals surface area contributed by atoms with Gasteiger partial charge in [0.2, 0.25) is 17.2 Å². The number of anilines is 2. The smallest absolute Gasteiger partial charge is 0.231 e. The van der Waals surface area contributed by atoms with Crippen molar-refractivity contribution in [2.24, 2.45) is 0 Å². The molecule has 2 saturated heterocycles. The van der Waals surface area contributed by atoms with Gasteiger partial charge in [0.25, 0.3) is 0 Å². The number of morpholine rings is 1. The van der Waals surface area contributed by atoms with Crippen LogP contribution in [0, 0.1) is 0 Å². The van der Waals surface area contributed by atoms with E-state index in [0.717, 1.165) is 26.1 Å². The van der Waals surface area contributed by atoms with Crippen LogP contribution in [0.4, 0.5) is 11.9 Å². The van der Waals surface area contributed by atoms with E-state index in [1.807, 2.05) is 9.80 Å². The average molecular weight is 286 g/mol. The van der Waals surface area contributed by atoms with Gasteiger partial charge in [-0.1, -0.05) is 0 Å². The number of aromatic nitrogens is 3. The Labute approximate surface area is 116 Å². The maximum atomic E-state index is 9.58. The number of halogens is 1. The minimum Gasteiger partial charge on any atom is -0.391 e. The molecule has 0 amide bonds. The molecule has 2 aliphatic heterocycles. The maximum absolute atomic E-state index is 9.58. The van der Waals surface area contributed by atoms with Crippen LogP contribution in [0.25, 0.3) is 0 Å². The molecule has 3 rings (SSSR count). The van der Waals surface area contributed by atoms with Gasteiger partial charge in [0, 0.05) is 26.2 Å². The van der Waals surface area contributed by atoms with Crippen LogP contribution < -0.4 is 9.80 Å². The third-order valence-corrected chi connectivity index (χ3v) is 3.49. The molecule has 2 aliphatic rings. The van der Waals surface area contributed by atoms with Gasteiger partial charge in [-0.2, -0.15) is 15.0 Å². The highest BCUT2D eigenvalue weighted by Gasteiger charge is 2.24. The lowest BCUT2D eigenvalue weighted by molar-refractivity contribution is 0.122. The van der Waals surface area contributed by atoms with Crippen molar-refractivity contribution in [2.75, 3.05) is 49.2 Å². The summed E-state index contributed by atoms with van der Waals surface area (Å²) in [5.41, 5.74) is 0. The molecule has 2 fully saturated rings. The molecular weight excluding hydrogens is 270 g/mol. The fourth-order valence-electron chi connectivity index (χ4n) is 2.30. The zero-order valence-corrected chi connectivity index (χ0v) is 11.3. The van der Waals surface area contributed by atoms with E-state index in [0.29, 0.717) is 31.7 Å². The molecule has 8 heteroatoms. The Morgan fingerprint density at radius 1 is 1.05 bits per heavy atom. The topological polar surface area (TPSA) is 74.6 Å². The molecule has 0 radical (unpaired) electrons. The summed E-state index contributed by atoms with van der Waals surface area (Å²) in [7, 11) is 0. The lowest BCUT2D eigenvalue weighted by Gasteiger charge is -2.27. The molecule has 0 aliphatic carbocycles. The highest BCUT2D eigenvalue weighted by Crippen LogP contribution is 2.21. The first-order valence-electron chi connectivity index (χ1n) is 6.39. The molecule has 3 heterocycles. The molecular formula is C11H16ClN5O2. The Bertz CT molecular complexity index is 432. The summed E-state index contributed by atoms with van der Waals surface area (Å²) in [5, 5.41) is 9.76. The van der Waals surface area contributed by atoms with E-state index in [-0.39, 0.29) is 11.4 Å². The van der Waals surface area contributed by atoms with Crippen LogP contribution in [0.3, 0.4) is 0 Å². The molecule has 1 atom stereocenters. The van der Waals surface area contributed by atoms with Gasteiger partial charge in [0.1, 0.15) is 0 Å². The molecule has 0 aromatic carbocycles. The molecule has 0 bridgehead atoms. The predicted molar refractivity (Wildman–Crippen MR) is 70.7 cm³/mol. The van der Waals surface area contributed by atoms with Crippen molar-refractivity contribution in [3.8, 4) is 0 Å². The van der Waals surface area contributed by atoms with Gasteiger partial charge in [-0.05, 0) is 18.0 Å². The van der Waals surface area contributed by atoms with E-state index < -0.39 is 0 Å². The molecule has 104 valence electrons. The summed E-state index contributed by atoms with van der Waals surface area (Å²) in [6, 6.07) is 0. The first-order chi connectivity index (χ1) is 9.22. The molecule has 0 saturated carbocycles. The zero-order valence-electron chi connectivity index (χ0n) is 10.5. The molecule has 19 heavy (non-hydrogen) atoms.